The van der Waals surface area contributed by atoms with Crippen LogP contribution in [0.1, 0.15) is 12.8 Å². The zero-order chi connectivity index (χ0) is 10.8. The van der Waals surface area contributed by atoms with Gasteiger partial charge in [-0.05, 0) is 25.9 Å². The number of hydrogen-bond donors (Lipinski definition) is 2. The van der Waals surface area contributed by atoms with Gasteiger partial charge >= 0.3 is 0 Å². The molecule has 0 unspecified atom stereocenters. The largest absolute Gasteiger partial charge is 0.341 e. The van der Waals surface area contributed by atoms with E-state index in [1.807, 2.05) is 11.8 Å². The summed E-state index contributed by atoms with van der Waals surface area (Å²) in [6.07, 6.45) is 5.66. The Labute approximate surface area is 97.5 Å². The number of hydrogen-bond acceptors (Lipinski definition) is 5. The number of imidazole rings is 1. The van der Waals surface area contributed by atoms with Gasteiger partial charge in [-0.3, -0.25) is 0 Å². The zero-order valence-corrected chi connectivity index (χ0v) is 9.63. The molecule has 0 spiro atoms. The topological polar surface area (TPSA) is 66.5 Å². The van der Waals surface area contributed by atoms with Crippen LogP contribution < -0.4 is 5.32 Å². The van der Waals surface area contributed by atoms with E-state index in [-0.39, 0.29) is 0 Å². The van der Waals surface area contributed by atoms with E-state index in [0.29, 0.717) is 5.25 Å². The molecular formula is C10H13N5S. The fourth-order valence-corrected chi connectivity index (χ4v) is 3.07. The van der Waals surface area contributed by atoms with Crippen molar-refractivity contribution in [2.24, 2.45) is 0 Å². The molecule has 0 atom stereocenters. The molecule has 0 radical (unpaired) electrons. The Morgan fingerprint density at radius 2 is 2.06 bits per heavy atom. The van der Waals surface area contributed by atoms with Gasteiger partial charge in [-0.25, -0.2) is 15.0 Å². The van der Waals surface area contributed by atoms with Crippen molar-refractivity contribution < 1.29 is 0 Å². The highest BCUT2D eigenvalue weighted by Gasteiger charge is 2.17. The van der Waals surface area contributed by atoms with Gasteiger partial charge in [0.1, 0.15) is 16.9 Å². The Kier molecular flexibility index (Phi) is 2.75. The van der Waals surface area contributed by atoms with Crippen LogP contribution in [0.2, 0.25) is 0 Å². The van der Waals surface area contributed by atoms with Crippen LogP contribution >= 0.6 is 11.8 Å². The number of nitrogens with zero attached hydrogens (tertiary/aromatic N) is 3. The summed E-state index contributed by atoms with van der Waals surface area (Å²) in [7, 11) is 0. The van der Waals surface area contributed by atoms with Crippen LogP contribution in [-0.4, -0.2) is 38.3 Å². The van der Waals surface area contributed by atoms with E-state index in [2.05, 4.69) is 25.3 Å². The molecule has 3 heterocycles. The van der Waals surface area contributed by atoms with Crippen LogP contribution in [0.15, 0.2) is 17.7 Å². The van der Waals surface area contributed by atoms with Crippen LogP contribution in [-0.2, 0) is 0 Å². The zero-order valence-electron chi connectivity index (χ0n) is 8.81. The van der Waals surface area contributed by atoms with Crippen LogP contribution in [0.3, 0.4) is 0 Å². The predicted octanol–water partition coefficient (Wildman–Crippen LogP) is 1.20. The minimum absolute atomic E-state index is 0.655. The van der Waals surface area contributed by atoms with Crippen molar-refractivity contribution in [1.29, 1.82) is 0 Å². The molecule has 16 heavy (non-hydrogen) atoms. The molecule has 0 aromatic carbocycles. The van der Waals surface area contributed by atoms with Gasteiger partial charge in [0.05, 0.1) is 6.33 Å². The Morgan fingerprint density at radius 3 is 2.94 bits per heavy atom. The van der Waals surface area contributed by atoms with Crippen molar-refractivity contribution in [3.63, 3.8) is 0 Å². The molecule has 84 valence electrons. The number of aromatic amines is 1. The summed E-state index contributed by atoms with van der Waals surface area (Å²) < 4.78 is 0. The molecule has 1 aliphatic heterocycles. The molecular weight excluding hydrogens is 222 g/mol. The number of piperidine rings is 1. The number of thioether (sulfide) groups is 1. The second kappa shape index (κ2) is 4.39. The third-order valence-electron chi connectivity index (χ3n) is 2.75. The van der Waals surface area contributed by atoms with Crippen LogP contribution in [0.25, 0.3) is 11.2 Å². The number of aromatic nitrogens is 4. The lowest BCUT2D eigenvalue weighted by Crippen LogP contribution is -2.29. The van der Waals surface area contributed by atoms with Gasteiger partial charge in [-0.15, -0.1) is 11.8 Å². The van der Waals surface area contributed by atoms with E-state index in [1.165, 1.54) is 12.8 Å². The van der Waals surface area contributed by atoms with Gasteiger partial charge in [-0.1, -0.05) is 0 Å². The van der Waals surface area contributed by atoms with Crippen molar-refractivity contribution >= 4 is 22.9 Å². The molecule has 0 aliphatic carbocycles. The summed E-state index contributed by atoms with van der Waals surface area (Å²) in [6, 6.07) is 0. The first-order valence-corrected chi connectivity index (χ1v) is 6.33. The SMILES string of the molecule is c1nc(SC2CCNCC2)c2[nH]cnc2n1. The summed E-state index contributed by atoms with van der Waals surface area (Å²) in [5.41, 5.74) is 1.72. The molecule has 1 aliphatic rings. The summed E-state index contributed by atoms with van der Waals surface area (Å²) in [5, 5.41) is 5.04. The van der Waals surface area contributed by atoms with Crippen molar-refractivity contribution in [2.45, 2.75) is 23.1 Å². The molecule has 3 rings (SSSR count). The van der Waals surface area contributed by atoms with E-state index in [1.54, 1.807) is 12.7 Å². The molecule has 0 saturated carbocycles. The van der Waals surface area contributed by atoms with Crippen LogP contribution in [0, 0.1) is 0 Å². The van der Waals surface area contributed by atoms with E-state index >= 15 is 0 Å². The van der Waals surface area contributed by atoms with Gasteiger partial charge < -0.3 is 10.3 Å². The van der Waals surface area contributed by atoms with Gasteiger partial charge in [0, 0.05) is 5.25 Å². The second-order valence-electron chi connectivity index (χ2n) is 3.85. The number of nitrogens with one attached hydrogen (secondary N) is 2. The van der Waals surface area contributed by atoms with Crippen LogP contribution in [0.5, 0.6) is 0 Å². The first kappa shape index (κ1) is 10.0. The minimum atomic E-state index is 0.655. The maximum absolute atomic E-state index is 4.33. The van der Waals surface area contributed by atoms with Crippen molar-refractivity contribution in [3.05, 3.63) is 12.7 Å². The average Bonchev–Trinajstić information content (AvgIpc) is 2.80. The van der Waals surface area contributed by atoms with E-state index in [9.17, 15) is 0 Å². The fourth-order valence-electron chi connectivity index (χ4n) is 1.90. The Bertz CT molecular complexity index is 477. The molecule has 2 aromatic heterocycles. The fraction of sp³-hybridized carbons (Fsp3) is 0.500. The summed E-state index contributed by atoms with van der Waals surface area (Å²) in [6.45, 7) is 2.21. The number of H-pyrrole nitrogens is 1. The molecule has 2 N–H and O–H groups in total. The van der Waals surface area contributed by atoms with Crippen molar-refractivity contribution in [2.75, 3.05) is 13.1 Å². The smallest absolute Gasteiger partial charge is 0.181 e. The number of rotatable bonds is 2. The van der Waals surface area contributed by atoms with Crippen molar-refractivity contribution in [1.82, 2.24) is 25.3 Å². The highest BCUT2D eigenvalue weighted by molar-refractivity contribution is 8.00. The molecule has 2 aromatic rings. The molecule has 0 bridgehead atoms. The van der Waals surface area contributed by atoms with E-state index in [0.717, 1.165) is 29.3 Å². The molecule has 6 heteroatoms. The second-order valence-corrected chi connectivity index (χ2v) is 5.14. The molecule has 1 fully saturated rings. The lowest BCUT2D eigenvalue weighted by atomic mass is 10.2. The highest BCUT2D eigenvalue weighted by atomic mass is 32.2. The minimum Gasteiger partial charge on any atom is -0.341 e. The standard InChI is InChI=1S/C10H13N5S/c1-3-11-4-2-7(1)16-10-8-9(13-5-12-8)14-6-15-10/h5-7,11H,1-4H2,(H,12,13,14,15). The van der Waals surface area contributed by atoms with Gasteiger partial charge in [0.15, 0.2) is 5.65 Å². The molecule has 5 nitrogen and oxygen atoms in total. The third kappa shape index (κ3) is 1.90. The predicted molar refractivity (Wildman–Crippen MR) is 63.4 cm³/mol. The quantitative estimate of drug-likeness (QED) is 0.766. The summed E-state index contributed by atoms with van der Waals surface area (Å²) in [4.78, 5) is 15.7. The summed E-state index contributed by atoms with van der Waals surface area (Å²) >= 11 is 1.84. The molecule has 0 amide bonds. The average molecular weight is 235 g/mol. The van der Waals surface area contributed by atoms with E-state index in [4.69, 9.17) is 0 Å². The Balaban J connectivity index is 1.85. The third-order valence-corrected chi connectivity index (χ3v) is 4.09. The molecule has 1 saturated heterocycles. The maximum Gasteiger partial charge on any atom is 0.181 e. The highest BCUT2D eigenvalue weighted by Crippen LogP contribution is 2.30. The van der Waals surface area contributed by atoms with Gasteiger partial charge in [0.25, 0.3) is 0 Å². The van der Waals surface area contributed by atoms with Crippen LogP contribution in [0.4, 0.5) is 0 Å². The maximum atomic E-state index is 4.33. The van der Waals surface area contributed by atoms with Gasteiger partial charge in [-0.2, -0.15) is 0 Å². The van der Waals surface area contributed by atoms with Crippen molar-refractivity contribution in [3.8, 4) is 0 Å². The summed E-state index contributed by atoms with van der Waals surface area (Å²) in [5.74, 6) is 0. The first-order chi connectivity index (χ1) is 7.93. The lowest BCUT2D eigenvalue weighted by Gasteiger charge is -2.21. The first-order valence-electron chi connectivity index (χ1n) is 5.45. The lowest BCUT2D eigenvalue weighted by molar-refractivity contribution is 0.531. The Morgan fingerprint density at radius 1 is 1.19 bits per heavy atom. The van der Waals surface area contributed by atoms with Gasteiger partial charge in [0.2, 0.25) is 0 Å². The van der Waals surface area contributed by atoms with E-state index < -0.39 is 0 Å². The monoisotopic (exact) mass is 235 g/mol. The Hall–Kier alpha value is -1.14. The number of fused-ring (bicyclic) bond motifs is 1. The normalized spacial score (nSPS) is 18.0.